The van der Waals surface area contributed by atoms with Crippen molar-refractivity contribution in [3.63, 3.8) is 0 Å². The molecule has 1 N–H and O–H groups in total. The number of ether oxygens (including phenoxy) is 1. The quantitative estimate of drug-likeness (QED) is 0.763. The molecular weight excluding hydrogens is 190 g/mol. The third kappa shape index (κ3) is 3.44. The highest BCUT2D eigenvalue weighted by Gasteiger charge is 2.28. The molecule has 2 rings (SSSR count). The Morgan fingerprint density at radius 3 is 2.67 bits per heavy atom. The third-order valence-electron chi connectivity index (χ3n) is 3.57. The van der Waals surface area contributed by atoms with Crippen LogP contribution in [-0.2, 0) is 4.74 Å². The van der Waals surface area contributed by atoms with Crippen molar-refractivity contribution in [3.05, 3.63) is 0 Å². The third-order valence-corrected chi connectivity index (χ3v) is 3.57. The van der Waals surface area contributed by atoms with Gasteiger partial charge in [0.25, 0.3) is 0 Å². The van der Waals surface area contributed by atoms with Crippen molar-refractivity contribution in [1.82, 2.24) is 4.90 Å². The van der Waals surface area contributed by atoms with E-state index in [1.807, 2.05) is 0 Å². The Labute approximate surface area is 92.4 Å². The van der Waals surface area contributed by atoms with Crippen molar-refractivity contribution in [2.75, 3.05) is 26.7 Å². The molecule has 1 atom stereocenters. The maximum atomic E-state index is 9.21. The Morgan fingerprint density at radius 2 is 2.07 bits per heavy atom. The summed E-state index contributed by atoms with van der Waals surface area (Å²) >= 11 is 0. The second kappa shape index (κ2) is 5.28. The molecule has 3 heteroatoms. The van der Waals surface area contributed by atoms with Crippen LogP contribution in [0.2, 0.25) is 0 Å². The van der Waals surface area contributed by atoms with Crippen LogP contribution in [0.5, 0.6) is 0 Å². The molecule has 0 aromatic heterocycles. The lowest BCUT2D eigenvalue weighted by atomic mass is 9.82. The normalized spacial score (nSPS) is 36.6. The molecule has 88 valence electrons. The van der Waals surface area contributed by atoms with E-state index in [0.29, 0.717) is 12.0 Å². The van der Waals surface area contributed by atoms with E-state index in [0.717, 1.165) is 32.5 Å². The molecule has 0 aromatic rings. The van der Waals surface area contributed by atoms with Gasteiger partial charge in [-0.1, -0.05) is 0 Å². The lowest BCUT2D eigenvalue weighted by molar-refractivity contribution is -0.0152. The highest BCUT2D eigenvalue weighted by Crippen LogP contribution is 2.27. The van der Waals surface area contributed by atoms with Crippen LogP contribution in [-0.4, -0.2) is 49.0 Å². The van der Waals surface area contributed by atoms with Crippen LogP contribution in [0.1, 0.15) is 32.1 Å². The maximum Gasteiger partial charge on any atom is 0.0701 e. The molecule has 1 unspecified atom stereocenters. The molecular formula is C12H23NO2. The minimum absolute atomic E-state index is 0.0191. The van der Waals surface area contributed by atoms with Crippen LogP contribution < -0.4 is 0 Å². The van der Waals surface area contributed by atoms with Crippen molar-refractivity contribution < 1.29 is 9.84 Å². The fraction of sp³-hybridized carbons (Fsp3) is 1.00. The average Bonchev–Trinajstić information content (AvgIpc) is 2.17. The second-order valence-electron chi connectivity index (χ2n) is 5.20. The summed E-state index contributed by atoms with van der Waals surface area (Å²) in [5, 5.41) is 9.21. The van der Waals surface area contributed by atoms with E-state index < -0.39 is 0 Å². The number of aliphatic hydroxyl groups excluding tert-OH is 1. The van der Waals surface area contributed by atoms with Gasteiger partial charge in [0.15, 0.2) is 0 Å². The predicted octanol–water partition coefficient (Wildman–Crippen LogP) is 1.26. The lowest BCUT2D eigenvalue weighted by Crippen LogP contribution is -2.40. The molecule has 1 aliphatic carbocycles. The summed E-state index contributed by atoms with van der Waals surface area (Å²) < 4.78 is 5.71. The highest BCUT2D eigenvalue weighted by molar-refractivity contribution is 4.81. The van der Waals surface area contributed by atoms with E-state index in [4.69, 9.17) is 4.74 Å². The molecule has 1 heterocycles. The highest BCUT2D eigenvalue weighted by atomic mass is 16.5. The second-order valence-corrected chi connectivity index (χ2v) is 5.20. The molecule has 2 fully saturated rings. The minimum atomic E-state index is -0.0191. The lowest BCUT2D eigenvalue weighted by Gasteiger charge is -2.36. The van der Waals surface area contributed by atoms with E-state index in [1.165, 1.54) is 19.3 Å². The predicted molar refractivity (Wildman–Crippen MR) is 59.8 cm³/mol. The molecule has 0 amide bonds. The standard InChI is InChI=1S/C12H23NO2/c1-13(8-10-6-11(14)7-10)9-12-4-2-3-5-15-12/h10-12,14H,2-9H2,1H3. The van der Waals surface area contributed by atoms with Gasteiger partial charge in [0, 0.05) is 19.7 Å². The molecule has 0 spiro atoms. The molecule has 15 heavy (non-hydrogen) atoms. The van der Waals surface area contributed by atoms with Crippen molar-refractivity contribution >= 4 is 0 Å². The maximum absolute atomic E-state index is 9.21. The summed E-state index contributed by atoms with van der Waals surface area (Å²) in [6, 6.07) is 0. The molecule has 0 aromatic carbocycles. The van der Waals surface area contributed by atoms with Gasteiger partial charge >= 0.3 is 0 Å². The first-order valence-corrected chi connectivity index (χ1v) is 6.22. The molecule has 2 aliphatic rings. The summed E-state index contributed by atoms with van der Waals surface area (Å²) in [7, 11) is 2.17. The van der Waals surface area contributed by atoms with E-state index in [2.05, 4.69) is 11.9 Å². The number of hydrogen-bond acceptors (Lipinski definition) is 3. The van der Waals surface area contributed by atoms with Gasteiger partial charge in [0.1, 0.15) is 0 Å². The fourth-order valence-electron chi connectivity index (χ4n) is 2.66. The van der Waals surface area contributed by atoms with Gasteiger partial charge in [-0.05, 0) is 45.1 Å². The van der Waals surface area contributed by atoms with Gasteiger partial charge in [-0.15, -0.1) is 0 Å². The van der Waals surface area contributed by atoms with Crippen LogP contribution >= 0.6 is 0 Å². The topological polar surface area (TPSA) is 32.7 Å². The van der Waals surface area contributed by atoms with Gasteiger partial charge in [-0.2, -0.15) is 0 Å². The first-order valence-electron chi connectivity index (χ1n) is 6.22. The van der Waals surface area contributed by atoms with Crippen LogP contribution in [0.25, 0.3) is 0 Å². The molecule has 1 aliphatic heterocycles. The summed E-state index contributed by atoms with van der Waals surface area (Å²) in [5.74, 6) is 0.716. The molecule has 1 saturated carbocycles. The minimum Gasteiger partial charge on any atom is -0.393 e. The zero-order valence-corrected chi connectivity index (χ0v) is 9.69. The van der Waals surface area contributed by atoms with Gasteiger partial charge in [-0.3, -0.25) is 0 Å². The summed E-state index contributed by atoms with van der Waals surface area (Å²) in [6.07, 6.45) is 6.20. The van der Waals surface area contributed by atoms with Gasteiger partial charge < -0.3 is 14.7 Å². The Bertz CT molecular complexity index is 186. The fourth-order valence-corrected chi connectivity index (χ4v) is 2.66. The Morgan fingerprint density at radius 1 is 1.27 bits per heavy atom. The summed E-state index contributed by atoms with van der Waals surface area (Å²) in [5.41, 5.74) is 0. The van der Waals surface area contributed by atoms with Crippen LogP contribution in [0.3, 0.4) is 0 Å². The monoisotopic (exact) mass is 213 g/mol. The van der Waals surface area contributed by atoms with Crippen molar-refractivity contribution in [3.8, 4) is 0 Å². The van der Waals surface area contributed by atoms with E-state index in [1.54, 1.807) is 0 Å². The van der Waals surface area contributed by atoms with E-state index in [-0.39, 0.29) is 6.10 Å². The summed E-state index contributed by atoms with van der Waals surface area (Å²) in [4.78, 5) is 2.37. The Balaban J connectivity index is 1.61. The van der Waals surface area contributed by atoms with E-state index in [9.17, 15) is 5.11 Å². The van der Waals surface area contributed by atoms with Gasteiger partial charge in [-0.25, -0.2) is 0 Å². The molecule has 0 bridgehead atoms. The van der Waals surface area contributed by atoms with Crippen LogP contribution in [0, 0.1) is 5.92 Å². The van der Waals surface area contributed by atoms with Crippen LogP contribution in [0.15, 0.2) is 0 Å². The smallest absolute Gasteiger partial charge is 0.0701 e. The molecule has 3 nitrogen and oxygen atoms in total. The summed E-state index contributed by atoms with van der Waals surface area (Å²) in [6.45, 7) is 3.13. The van der Waals surface area contributed by atoms with Crippen molar-refractivity contribution in [2.24, 2.45) is 5.92 Å². The first-order chi connectivity index (χ1) is 7.24. The average molecular weight is 213 g/mol. The zero-order chi connectivity index (χ0) is 10.7. The molecule has 1 saturated heterocycles. The zero-order valence-electron chi connectivity index (χ0n) is 9.69. The van der Waals surface area contributed by atoms with Gasteiger partial charge in [0.2, 0.25) is 0 Å². The van der Waals surface area contributed by atoms with E-state index >= 15 is 0 Å². The number of nitrogens with zero attached hydrogens (tertiary/aromatic N) is 1. The molecule has 0 radical (unpaired) electrons. The van der Waals surface area contributed by atoms with Crippen molar-refractivity contribution in [2.45, 2.75) is 44.3 Å². The van der Waals surface area contributed by atoms with Gasteiger partial charge in [0.05, 0.1) is 12.2 Å². The van der Waals surface area contributed by atoms with Crippen molar-refractivity contribution in [1.29, 1.82) is 0 Å². The van der Waals surface area contributed by atoms with Crippen LogP contribution in [0.4, 0.5) is 0 Å². The Hall–Kier alpha value is -0.120. The SMILES string of the molecule is CN(CC1CC(O)C1)CC1CCCCO1. The number of aliphatic hydroxyl groups is 1. The first kappa shape index (κ1) is 11.4. The number of rotatable bonds is 4. The Kier molecular flexibility index (Phi) is 4.00. The number of hydrogen-bond donors (Lipinski definition) is 1. The number of likely N-dealkylation sites (N-methyl/N-ethyl adjacent to an activating group) is 1. The largest absolute Gasteiger partial charge is 0.393 e.